The molecule has 7 heteroatoms. The molecule has 1 amide bonds. The van der Waals surface area contributed by atoms with Gasteiger partial charge in [-0.25, -0.2) is 9.78 Å². The highest BCUT2D eigenvalue weighted by Gasteiger charge is 2.33. The van der Waals surface area contributed by atoms with Gasteiger partial charge in [0.15, 0.2) is 4.96 Å². The lowest BCUT2D eigenvalue weighted by Gasteiger charge is -2.25. The quantitative estimate of drug-likeness (QED) is 0.855. The lowest BCUT2D eigenvalue weighted by atomic mass is 9.96. The Hall–Kier alpha value is -1.89. The Balaban J connectivity index is 2.12. The number of carboxylic acid groups (broad SMARTS) is 1. The largest absolute Gasteiger partial charge is 0.480 e. The molecule has 0 saturated carbocycles. The van der Waals surface area contributed by atoms with Gasteiger partial charge in [0.05, 0.1) is 12.1 Å². The monoisotopic (exact) mass is 309 g/mol. The second-order valence-corrected chi connectivity index (χ2v) is 6.21. The van der Waals surface area contributed by atoms with Gasteiger partial charge in [-0.05, 0) is 20.3 Å². The van der Waals surface area contributed by atoms with Crippen molar-refractivity contribution in [2.75, 3.05) is 0 Å². The van der Waals surface area contributed by atoms with E-state index in [-0.39, 0.29) is 12.3 Å². The number of carbonyl (C=O) groups is 2. The fourth-order valence-electron chi connectivity index (χ4n) is 2.31. The molecule has 0 fully saturated rings. The SMILES string of the molecule is CCCC(C)(NC(=O)Cc1csc2nc(C)cn12)C(=O)O. The molecule has 0 aliphatic heterocycles. The number of imidazole rings is 1. The van der Waals surface area contributed by atoms with E-state index in [0.29, 0.717) is 12.8 Å². The number of thiazole rings is 1. The number of aryl methyl sites for hydroxylation is 1. The van der Waals surface area contributed by atoms with Gasteiger partial charge in [0.1, 0.15) is 5.54 Å². The number of nitrogens with one attached hydrogen (secondary N) is 1. The first kappa shape index (κ1) is 15.5. The Labute approximate surface area is 126 Å². The Morgan fingerprint density at radius 1 is 1.52 bits per heavy atom. The minimum absolute atomic E-state index is 0.141. The van der Waals surface area contributed by atoms with E-state index < -0.39 is 11.5 Å². The summed E-state index contributed by atoms with van der Waals surface area (Å²) in [7, 11) is 0. The third kappa shape index (κ3) is 3.24. The van der Waals surface area contributed by atoms with Crippen LogP contribution in [0.3, 0.4) is 0 Å². The van der Waals surface area contributed by atoms with Crippen LogP contribution in [0, 0.1) is 6.92 Å². The maximum absolute atomic E-state index is 12.2. The topological polar surface area (TPSA) is 83.7 Å². The van der Waals surface area contributed by atoms with E-state index in [0.717, 1.165) is 16.3 Å². The van der Waals surface area contributed by atoms with E-state index >= 15 is 0 Å². The number of aromatic nitrogens is 2. The van der Waals surface area contributed by atoms with Gasteiger partial charge < -0.3 is 10.4 Å². The van der Waals surface area contributed by atoms with E-state index in [1.54, 1.807) is 6.92 Å². The smallest absolute Gasteiger partial charge is 0.329 e. The molecule has 2 rings (SSSR count). The first-order valence-electron chi connectivity index (χ1n) is 6.82. The second kappa shape index (κ2) is 5.85. The minimum atomic E-state index is -1.22. The van der Waals surface area contributed by atoms with E-state index in [1.165, 1.54) is 11.3 Å². The molecule has 2 aromatic heterocycles. The molecule has 2 aromatic rings. The van der Waals surface area contributed by atoms with Crippen LogP contribution in [-0.4, -0.2) is 31.9 Å². The summed E-state index contributed by atoms with van der Waals surface area (Å²) < 4.78 is 1.87. The first-order chi connectivity index (χ1) is 9.85. The van der Waals surface area contributed by atoms with Crippen molar-refractivity contribution >= 4 is 28.2 Å². The zero-order valence-electron chi connectivity index (χ0n) is 12.3. The maximum Gasteiger partial charge on any atom is 0.329 e. The van der Waals surface area contributed by atoms with Crippen molar-refractivity contribution in [1.82, 2.24) is 14.7 Å². The average Bonchev–Trinajstić information content (AvgIpc) is 2.90. The molecule has 2 N–H and O–H groups in total. The molecule has 114 valence electrons. The maximum atomic E-state index is 12.2. The minimum Gasteiger partial charge on any atom is -0.480 e. The highest BCUT2D eigenvalue weighted by molar-refractivity contribution is 7.15. The van der Waals surface area contributed by atoms with Gasteiger partial charge >= 0.3 is 5.97 Å². The van der Waals surface area contributed by atoms with Crippen molar-refractivity contribution in [3.8, 4) is 0 Å². The molecule has 0 aromatic carbocycles. The number of hydrogen-bond acceptors (Lipinski definition) is 4. The number of fused-ring (bicyclic) bond motifs is 1. The zero-order chi connectivity index (χ0) is 15.6. The summed E-state index contributed by atoms with van der Waals surface area (Å²) in [5, 5.41) is 13.8. The summed E-state index contributed by atoms with van der Waals surface area (Å²) in [4.78, 5) is 28.7. The number of amides is 1. The summed E-state index contributed by atoms with van der Waals surface area (Å²) in [5.41, 5.74) is 0.494. The Morgan fingerprint density at radius 2 is 2.24 bits per heavy atom. The number of carbonyl (C=O) groups excluding carboxylic acids is 1. The summed E-state index contributed by atoms with van der Waals surface area (Å²) in [6.45, 7) is 5.33. The van der Waals surface area contributed by atoms with Crippen molar-refractivity contribution in [3.63, 3.8) is 0 Å². The van der Waals surface area contributed by atoms with Gasteiger partial charge in [-0.3, -0.25) is 9.20 Å². The van der Waals surface area contributed by atoms with Crippen LogP contribution in [0.1, 0.15) is 38.1 Å². The van der Waals surface area contributed by atoms with Crippen molar-refractivity contribution in [2.24, 2.45) is 0 Å². The molecule has 1 atom stereocenters. The van der Waals surface area contributed by atoms with Gasteiger partial charge in [-0.15, -0.1) is 11.3 Å². The van der Waals surface area contributed by atoms with Gasteiger partial charge in [-0.2, -0.15) is 0 Å². The van der Waals surface area contributed by atoms with Crippen molar-refractivity contribution in [2.45, 2.75) is 45.6 Å². The number of nitrogens with zero attached hydrogens (tertiary/aromatic N) is 2. The van der Waals surface area contributed by atoms with E-state index in [1.807, 2.05) is 29.8 Å². The summed E-state index contributed by atoms with van der Waals surface area (Å²) in [5.74, 6) is -1.30. The van der Waals surface area contributed by atoms with Crippen molar-refractivity contribution < 1.29 is 14.7 Å². The third-order valence-electron chi connectivity index (χ3n) is 3.38. The second-order valence-electron chi connectivity index (χ2n) is 5.37. The van der Waals surface area contributed by atoms with Crippen LogP contribution in [0.2, 0.25) is 0 Å². The lowest BCUT2D eigenvalue weighted by Crippen LogP contribution is -2.52. The number of rotatable bonds is 6. The molecule has 0 aliphatic carbocycles. The fraction of sp³-hybridized carbons (Fsp3) is 0.500. The van der Waals surface area contributed by atoms with Crippen LogP contribution >= 0.6 is 11.3 Å². The molecule has 0 spiro atoms. The molecular weight excluding hydrogens is 290 g/mol. The van der Waals surface area contributed by atoms with Crippen molar-refractivity contribution in [3.05, 3.63) is 23.0 Å². The number of carboxylic acids is 1. The van der Waals surface area contributed by atoms with Gasteiger partial charge in [0, 0.05) is 17.3 Å². The molecule has 2 heterocycles. The van der Waals surface area contributed by atoms with Crippen LogP contribution in [-0.2, 0) is 16.0 Å². The highest BCUT2D eigenvalue weighted by atomic mass is 32.1. The molecular formula is C14H19N3O3S. The van der Waals surface area contributed by atoms with Crippen LogP contribution in [0.25, 0.3) is 4.96 Å². The Morgan fingerprint density at radius 3 is 2.86 bits per heavy atom. The zero-order valence-corrected chi connectivity index (χ0v) is 13.2. The fourth-order valence-corrected chi connectivity index (χ4v) is 3.23. The van der Waals surface area contributed by atoms with Crippen LogP contribution in [0.4, 0.5) is 0 Å². The van der Waals surface area contributed by atoms with Crippen LogP contribution in [0.5, 0.6) is 0 Å². The average molecular weight is 309 g/mol. The highest BCUT2D eigenvalue weighted by Crippen LogP contribution is 2.18. The lowest BCUT2D eigenvalue weighted by molar-refractivity contribution is -0.147. The first-order valence-corrected chi connectivity index (χ1v) is 7.70. The van der Waals surface area contributed by atoms with Gasteiger partial charge in [0.2, 0.25) is 5.91 Å². The van der Waals surface area contributed by atoms with Crippen molar-refractivity contribution in [1.29, 1.82) is 0 Å². The summed E-state index contributed by atoms with van der Waals surface area (Å²) in [6, 6.07) is 0. The molecule has 6 nitrogen and oxygen atoms in total. The Kier molecular flexibility index (Phi) is 4.32. The standard InChI is InChI=1S/C14H19N3O3S/c1-4-5-14(3,12(19)20)16-11(18)6-10-8-21-13-15-9(2)7-17(10)13/h7-8H,4-6H2,1-3H3,(H,16,18)(H,19,20). The molecule has 0 saturated heterocycles. The summed E-state index contributed by atoms with van der Waals surface area (Å²) in [6.07, 6.45) is 3.10. The molecule has 0 aliphatic rings. The predicted molar refractivity (Wildman–Crippen MR) is 80.6 cm³/mol. The Bertz CT molecular complexity index is 676. The van der Waals surface area contributed by atoms with E-state index in [9.17, 15) is 14.7 Å². The summed E-state index contributed by atoms with van der Waals surface area (Å²) >= 11 is 1.47. The number of aliphatic carboxylic acids is 1. The van der Waals surface area contributed by atoms with Gasteiger partial charge in [0.25, 0.3) is 0 Å². The third-order valence-corrected chi connectivity index (χ3v) is 4.27. The number of hydrogen-bond donors (Lipinski definition) is 2. The van der Waals surface area contributed by atoms with Gasteiger partial charge in [-0.1, -0.05) is 13.3 Å². The predicted octanol–water partition coefficient (Wildman–Crippen LogP) is 2.01. The van der Waals surface area contributed by atoms with E-state index in [4.69, 9.17) is 0 Å². The van der Waals surface area contributed by atoms with E-state index in [2.05, 4.69) is 10.3 Å². The van der Waals surface area contributed by atoms with Crippen LogP contribution < -0.4 is 5.32 Å². The normalized spacial score (nSPS) is 14.0. The molecule has 21 heavy (non-hydrogen) atoms. The molecule has 1 unspecified atom stereocenters. The molecule has 0 bridgehead atoms. The molecule has 0 radical (unpaired) electrons. The van der Waals surface area contributed by atoms with Crippen LogP contribution in [0.15, 0.2) is 11.6 Å².